The highest BCUT2D eigenvalue weighted by atomic mass is 32.1. The van der Waals surface area contributed by atoms with E-state index in [0.29, 0.717) is 10.7 Å². The molecule has 3 heterocycles. The van der Waals surface area contributed by atoms with E-state index in [2.05, 4.69) is 91.5 Å². The smallest absolute Gasteiger partial charge is 0.310 e. The average molecular weight is 701 g/mol. The number of thiophene rings is 1. The van der Waals surface area contributed by atoms with Crippen LogP contribution in [0.15, 0.2) is 97.3 Å². The molecule has 8 nitrogen and oxygen atoms in total. The minimum Gasteiger partial charge on any atom is -0.481 e. The fourth-order valence-electron chi connectivity index (χ4n) is 6.08. The SMILES string of the molecule is CCCCc1ccc(-c2ccc(-c3cnc(-c4ccc(C[C@H](NC(=O)c5ccc(C(C)(C)C)s5)C(=O)N5CC(C(=O)O)C5)cc4)nc3)cc2)cc1. The first kappa shape index (κ1) is 35.7. The maximum absolute atomic E-state index is 13.5. The molecule has 51 heavy (non-hydrogen) atoms. The molecule has 0 aliphatic carbocycles. The van der Waals surface area contributed by atoms with Crippen molar-refractivity contribution < 1.29 is 19.5 Å². The number of hydrogen-bond acceptors (Lipinski definition) is 6. The zero-order chi connectivity index (χ0) is 36.1. The zero-order valence-electron chi connectivity index (χ0n) is 29.6. The van der Waals surface area contributed by atoms with Crippen molar-refractivity contribution >= 4 is 29.1 Å². The molecule has 262 valence electrons. The van der Waals surface area contributed by atoms with Crippen LogP contribution in [-0.4, -0.2) is 56.9 Å². The molecule has 0 saturated carbocycles. The number of hydrogen-bond donors (Lipinski definition) is 2. The zero-order valence-corrected chi connectivity index (χ0v) is 30.4. The van der Waals surface area contributed by atoms with Crippen LogP contribution in [0.3, 0.4) is 0 Å². The Morgan fingerprint density at radius 2 is 1.35 bits per heavy atom. The third-order valence-corrected chi connectivity index (χ3v) is 10.9. The van der Waals surface area contributed by atoms with Crippen LogP contribution in [-0.2, 0) is 27.8 Å². The van der Waals surface area contributed by atoms with Crippen LogP contribution < -0.4 is 5.32 Å². The Morgan fingerprint density at radius 1 is 0.804 bits per heavy atom. The van der Waals surface area contributed by atoms with Crippen molar-refractivity contribution in [2.45, 2.75) is 64.8 Å². The minimum absolute atomic E-state index is 0.0969. The van der Waals surface area contributed by atoms with Crippen molar-refractivity contribution in [2.24, 2.45) is 5.92 Å². The van der Waals surface area contributed by atoms with Gasteiger partial charge in [-0.1, -0.05) is 107 Å². The Morgan fingerprint density at radius 3 is 1.90 bits per heavy atom. The van der Waals surface area contributed by atoms with Gasteiger partial charge in [0.1, 0.15) is 6.04 Å². The molecule has 1 aliphatic heterocycles. The van der Waals surface area contributed by atoms with Crippen LogP contribution in [0, 0.1) is 5.92 Å². The second-order valence-electron chi connectivity index (χ2n) is 14.3. The molecule has 0 spiro atoms. The van der Waals surface area contributed by atoms with Gasteiger partial charge in [0, 0.05) is 47.9 Å². The van der Waals surface area contributed by atoms with Gasteiger partial charge in [-0.25, -0.2) is 9.97 Å². The van der Waals surface area contributed by atoms with Crippen molar-refractivity contribution in [3.05, 3.63) is 118 Å². The number of carbonyl (C=O) groups excluding carboxylic acids is 2. The summed E-state index contributed by atoms with van der Waals surface area (Å²) in [6.07, 6.45) is 7.42. The van der Waals surface area contributed by atoms with Crippen molar-refractivity contribution in [3.8, 4) is 33.6 Å². The van der Waals surface area contributed by atoms with Crippen molar-refractivity contribution in [3.63, 3.8) is 0 Å². The number of aromatic nitrogens is 2. The van der Waals surface area contributed by atoms with Gasteiger partial charge in [0.25, 0.3) is 5.91 Å². The first-order valence-corrected chi connectivity index (χ1v) is 18.3. The second-order valence-corrected chi connectivity index (χ2v) is 15.4. The number of aryl methyl sites for hydroxylation is 1. The lowest BCUT2D eigenvalue weighted by Gasteiger charge is -2.38. The molecule has 1 aliphatic rings. The molecule has 2 amide bonds. The first-order valence-electron chi connectivity index (χ1n) is 17.5. The van der Waals surface area contributed by atoms with Crippen LogP contribution in [0.5, 0.6) is 0 Å². The number of rotatable bonds is 12. The fraction of sp³-hybridized carbons (Fsp3) is 0.310. The van der Waals surface area contributed by atoms with E-state index in [9.17, 15) is 19.5 Å². The topological polar surface area (TPSA) is 112 Å². The van der Waals surface area contributed by atoms with Crippen LogP contribution in [0.4, 0.5) is 0 Å². The number of carboxylic acids is 1. The number of unbranched alkanes of at least 4 members (excludes halogenated alkanes) is 1. The molecule has 5 aromatic rings. The molecule has 2 N–H and O–H groups in total. The Kier molecular flexibility index (Phi) is 10.8. The molecule has 6 rings (SSSR count). The van der Waals surface area contributed by atoms with Gasteiger partial charge in [0.15, 0.2) is 5.82 Å². The van der Waals surface area contributed by atoms with Gasteiger partial charge >= 0.3 is 5.97 Å². The summed E-state index contributed by atoms with van der Waals surface area (Å²) >= 11 is 1.41. The molecular weight excluding hydrogens is 657 g/mol. The van der Waals surface area contributed by atoms with E-state index in [4.69, 9.17) is 0 Å². The number of aliphatic carboxylic acids is 1. The second kappa shape index (κ2) is 15.4. The van der Waals surface area contributed by atoms with Gasteiger partial charge in [0.05, 0.1) is 10.8 Å². The summed E-state index contributed by atoms with van der Waals surface area (Å²) in [6.45, 7) is 8.75. The van der Waals surface area contributed by atoms with E-state index in [1.165, 1.54) is 40.2 Å². The molecule has 2 aromatic heterocycles. The lowest BCUT2D eigenvalue weighted by molar-refractivity contribution is -0.153. The van der Waals surface area contributed by atoms with Gasteiger partial charge < -0.3 is 15.3 Å². The molecule has 0 radical (unpaired) electrons. The summed E-state index contributed by atoms with van der Waals surface area (Å²) in [4.78, 5) is 50.6. The molecular formula is C42H44N4O4S. The number of carbonyl (C=O) groups is 3. The summed E-state index contributed by atoms with van der Waals surface area (Å²) in [5.74, 6) is -1.53. The highest BCUT2D eigenvalue weighted by Crippen LogP contribution is 2.30. The van der Waals surface area contributed by atoms with Crippen molar-refractivity contribution in [2.75, 3.05) is 13.1 Å². The van der Waals surface area contributed by atoms with Gasteiger partial charge in [0.2, 0.25) is 5.91 Å². The monoisotopic (exact) mass is 700 g/mol. The molecule has 0 bridgehead atoms. The van der Waals surface area contributed by atoms with E-state index in [-0.39, 0.29) is 36.7 Å². The predicted molar refractivity (Wildman–Crippen MR) is 203 cm³/mol. The number of carboxylic acid groups (broad SMARTS) is 1. The van der Waals surface area contributed by atoms with Gasteiger partial charge in [-0.05, 0) is 58.2 Å². The Bertz CT molecular complexity index is 1970. The van der Waals surface area contributed by atoms with Crippen LogP contribution in [0.1, 0.15) is 66.2 Å². The summed E-state index contributed by atoms with van der Waals surface area (Å²) < 4.78 is 0. The van der Waals surface area contributed by atoms with Crippen molar-refractivity contribution in [1.82, 2.24) is 20.2 Å². The summed E-state index contributed by atoms with van der Waals surface area (Å²) in [5.41, 5.74) is 7.27. The van der Waals surface area contributed by atoms with E-state index >= 15 is 0 Å². The third kappa shape index (κ3) is 8.60. The summed E-state index contributed by atoms with van der Waals surface area (Å²) in [5, 5.41) is 12.3. The van der Waals surface area contributed by atoms with E-state index in [0.717, 1.165) is 39.1 Å². The van der Waals surface area contributed by atoms with Crippen LogP contribution >= 0.6 is 11.3 Å². The quantitative estimate of drug-likeness (QED) is 0.136. The lowest BCUT2D eigenvalue weighted by atomic mass is 9.95. The van der Waals surface area contributed by atoms with E-state index in [1.54, 1.807) is 6.07 Å². The lowest BCUT2D eigenvalue weighted by Crippen LogP contribution is -2.59. The number of benzene rings is 3. The number of amides is 2. The summed E-state index contributed by atoms with van der Waals surface area (Å²) in [7, 11) is 0. The van der Waals surface area contributed by atoms with E-state index in [1.807, 2.05) is 42.7 Å². The number of nitrogens with zero attached hydrogens (tertiary/aromatic N) is 3. The largest absolute Gasteiger partial charge is 0.481 e. The van der Waals surface area contributed by atoms with Crippen LogP contribution in [0.2, 0.25) is 0 Å². The Labute approximate surface area is 303 Å². The molecule has 1 fully saturated rings. The number of likely N-dealkylation sites (tertiary alicyclic amines) is 1. The fourth-order valence-corrected chi connectivity index (χ4v) is 7.05. The van der Waals surface area contributed by atoms with Crippen molar-refractivity contribution in [1.29, 1.82) is 0 Å². The minimum atomic E-state index is -0.921. The van der Waals surface area contributed by atoms with Gasteiger partial charge in [-0.2, -0.15) is 0 Å². The Balaban J connectivity index is 1.12. The predicted octanol–water partition coefficient (Wildman–Crippen LogP) is 8.06. The van der Waals surface area contributed by atoms with Crippen LogP contribution in [0.25, 0.3) is 33.6 Å². The number of nitrogens with one attached hydrogen (secondary N) is 1. The van der Waals surface area contributed by atoms with Gasteiger partial charge in [-0.3, -0.25) is 14.4 Å². The standard InChI is InChI=1S/C42H44N4O4S/c1-5-6-7-27-8-12-29(13-9-27)30-16-18-31(19-17-30)33-23-43-38(44-24-33)32-14-10-28(11-15-32)22-35(40(48)46-25-34(26-46)41(49)50)45-39(47)36-20-21-37(51-36)42(2,3)4/h8-21,23-24,34-35H,5-7,22,25-26H2,1-4H3,(H,45,47)(H,49,50)/t35-/m0/s1. The summed E-state index contributed by atoms with van der Waals surface area (Å²) in [6, 6.07) is 27.8. The highest BCUT2D eigenvalue weighted by molar-refractivity contribution is 7.14. The third-order valence-electron chi connectivity index (χ3n) is 9.34. The molecule has 0 unspecified atom stereocenters. The highest BCUT2D eigenvalue weighted by Gasteiger charge is 2.39. The molecule has 1 atom stereocenters. The first-order chi connectivity index (χ1) is 24.5. The average Bonchev–Trinajstić information content (AvgIpc) is 3.62. The Hall–Kier alpha value is -5.15. The molecule has 9 heteroatoms. The van der Waals surface area contributed by atoms with E-state index < -0.39 is 17.9 Å². The molecule has 3 aromatic carbocycles. The van der Waals surface area contributed by atoms with Gasteiger partial charge in [-0.15, -0.1) is 11.3 Å². The normalized spacial score (nSPS) is 13.8. The maximum atomic E-state index is 13.5. The molecule has 1 saturated heterocycles. The maximum Gasteiger partial charge on any atom is 0.310 e.